The fourth-order valence-corrected chi connectivity index (χ4v) is 4.90. The molecule has 2 aromatic rings. The Labute approximate surface area is 201 Å². The number of hydrogen-bond acceptors (Lipinski definition) is 5. The Balaban J connectivity index is 1.77. The van der Waals surface area contributed by atoms with Gasteiger partial charge < -0.3 is 15.7 Å². The Bertz CT molecular complexity index is 1010. The number of likely N-dealkylation sites (N-methyl/N-ethyl adjacent to an activating group) is 1. The van der Waals surface area contributed by atoms with E-state index in [1.54, 1.807) is 0 Å². The van der Waals surface area contributed by atoms with Gasteiger partial charge in [-0.05, 0) is 37.0 Å². The first-order valence-electron chi connectivity index (χ1n) is 12.0. The van der Waals surface area contributed by atoms with Gasteiger partial charge >= 0.3 is 0 Å². The summed E-state index contributed by atoms with van der Waals surface area (Å²) in [5.74, 6) is 0.0137. The van der Waals surface area contributed by atoms with Crippen molar-refractivity contribution in [3.63, 3.8) is 0 Å². The van der Waals surface area contributed by atoms with Crippen LogP contribution in [0.2, 0.25) is 5.02 Å². The number of aliphatic imine (C=N–C) groups is 1. The number of unbranched alkanes of at least 4 members (excludes halogenated alkanes) is 1. The van der Waals surface area contributed by atoms with E-state index in [2.05, 4.69) is 6.92 Å². The maximum atomic E-state index is 14.0. The molecule has 176 valence electrons. The summed E-state index contributed by atoms with van der Waals surface area (Å²) < 4.78 is 0. The summed E-state index contributed by atoms with van der Waals surface area (Å²) in [4.78, 5) is 20.9. The van der Waals surface area contributed by atoms with Crippen LogP contribution in [0, 0.1) is 11.8 Å². The first-order chi connectivity index (χ1) is 15.9. The van der Waals surface area contributed by atoms with Crippen LogP contribution in [-0.4, -0.2) is 42.0 Å². The number of fused-ring (bicyclic) bond motifs is 1. The van der Waals surface area contributed by atoms with Gasteiger partial charge in [-0.3, -0.25) is 9.79 Å². The molecule has 33 heavy (non-hydrogen) atoms. The third-order valence-electron chi connectivity index (χ3n) is 6.94. The number of Topliss-reactive ketones (excluding diaryl/α,β-unsaturated/α-hetero) is 1. The van der Waals surface area contributed by atoms with Crippen LogP contribution in [0.15, 0.2) is 53.5 Å². The van der Waals surface area contributed by atoms with E-state index in [0.717, 1.165) is 42.5 Å². The molecule has 4 rings (SSSR count). The second kappa shape index (κ2) is 10.4. The van der Waals surface area contributed by atoms with Crippen molar-refractivity contribution in [3.05, 3.63) is 64.7 Å². The van der Waals surface area contributed by atoms with Gasteiger partial charge in [-0.15, -0.1) is 0 Å². The van der Waals surface area contributed by atoms with Crippen molar-refractivity contribution in [2.45, 2.75) is 63.8 Å². The lowest BCUT2D eigenvalue weighted by molar-refractivity contribution is -0.128. The minimum Gasteiger partial charge on any atom is -0.392 e. The van der Waals surface area contributed by atoms with Crippen molar-refractivity contribution in [2.24, 2.45) is 22.6 Å². The van der Waals surface area contributed by atoms with Gasteiger partial charge in [0.25, 0.3) is 0 Å². The van der Waals surface area contributed by atoms with Crippen LogP contribution in [0.25, 0.3) is 0 Å². The van der Waals surface area contributed by atoms with E-state index in [9.17, 15) is 9.90 Å². The summed E-state index contributed by atoms with van der Waals surface area (Å²) in [5.41, 5.74) is 10.0. The summed E-state index contributed by atoms with van der Waals surface area (Å²) in [6, 6.07) is 14.7. The van der Waals surface area contributed by atoms with E-state index in [-0.39, 0.29) is 5.78 Å². The quantitative estimate of drug-likeness (QED) is 0.554. The molecule has 0 aromatic heterocycles. The maximum absolute atomic E-state index is 14.0. The lowest BCUT2D eigenvalue weighted by Gasteiger charge is -2.32. The molecule has 0 radical (unpaired) electrons. The summed E-state index contributed by atoms with van der Waals surface area (Å²) >= 11 is 6.37. The zero-order valence-corrected chi connectivity index (χ0v) is 20.2. The molecule has 0 saturated heterocycles. The molecule has 1 saturated carbocycles. The average Bonchev–Trinajstić information content (AvgIpc) is 3.65. The highest BCUT2D eigenvalue weighted by atomic mass is 35.5. The number of nitrogens with zero attached hydrogens (tertiary/aromatic N) is 2. The van der Waals surface area contributed by atoms with Gasteiger partial charge in [-0.1, -0.05) is 74.5 Å². The Hall–Kier alpha value is -2.21. The molecule has 4 unspecified atom stereocenters. The predicted octanol–water partition coefficient (Wildman–Crippen LogP) is 4.82. The van der Waals surface area contributed by atoms with E-state index in [1.165, 1.54) is 0 Å². The number of benzodiazepines with no additional fused rings is 1. The first kappa shape index (κ1) is 23.9. The van der Waals surface area contributed by atoms with E-state index in [0.29, 0.717) is 29.5 Å². The number of rotatable bonds is 9. The van der Waals surface area contributed by atoms with Crippen LogP contribution in [0.4, 0.5) is 5.69 Å². The molecule has 1 heterocycles. The van der Waals surface area contributed by atoms with E-state index in [4.69, 9.17) is 22.3 Å². The van der Waals surface area contributed by atoms with Crippen molar-refractivity contribution in [3.8, 4) is 0 Å². The fourth-order valence-electron chi connectivity index (χ4n) is 4.73. The largest absolute Gasteiger partial charge is 0.392 e. The maximum Gasteiger partial charge on any atom is 0.166 e. The van der Waals surface area contributed by atoms with Crippen molar-refractivity contribution in [1.29, 1.82) is 0 Å². The van der Waals surface area contributed by atoms with Gasteiger partial charge in [0.2, 0.25) is 0 Å². The fraction of sp³-hybridized carbons (Fsp3) is 0.481. The van der Waals surface area contributed by atoms with Crippen LogP contribution in [0.1, 0.15) is 56.6 Å². The topological polar surface area (TPSA) is 78.9 Å². The summed E-state index contributed by atoms with van der Waals surface area (Å²) in [5, 5.41) is 11.6. The van der Waals surface area contributed by atoms with Crippen LogP contribution >= 0.6 is 11.6 Å². The SMILES string of the molecule is CCCCC(O)C(CC1CC1)C(=O)C1N=C(c2ccccc2)c2cc(Cl)ccc2N(C)C1N. The molecular weight excluding hydrogens is 434 g/mol. The molecule has 3 N–H and O–H groups in total. The number of aliphatic hydroxyl groups is 1. The molecule has 2 aromatic carbocycles. The summed E-state index contributed by atoms with van der Waals surface area (Å²) in [6.45, 7) is 2.10. The van der Waals surface area contributed by atoms with Gasteiger partial charge in [-0.25, -0.2) is 0 Å². The molecule has 2 aliphatic rings. The first-order valence-corrected chi connectivity index (χ1v) is 12.4. The van der Waals surface area contributed by atoms with E-state index in [1.807, 2.05) is 60.5 Å². The Morgan fingerprint density at radius 2 is 1.97 bits per heavy atom. The minimum atomic E-state index is -0.781. The molecule has 6 heteroatoms. The second-order valence-electron chi connectivity index (χ2n) is 9.45. The molecule has 0 amide bonds. The number of benzene rings is 2. The van der Waals surface area contributed by atoms with Crippen molar-refractivity contribution in [2.75, 3.05) is 11.9 Å². The van der Waals surface area contributed by atoms with Crippen molar-refractivity contribution < 1.29 is 9.90 Å². The van der Waals surface area contributed by atoms with Crippen molar-refractivity contribution >= 4 is 28.8 Å². The number of nitrogens with two attached hydrogens (primary N) is 1. The van der Waals surface area contributed by atoms with Crippen LogP contribution in [0.5, 0.6) is 0 Å². The smallest absolute Gasteiger partial charge is 0.166 e. The molecule has 1 fully saturated rings. The molecule has 1 aliphatic heterocycles. The molecule has 1 aliphatic carbocycles. The second-order valence-corrected chi connectivity index (χ2v) is 9.89. The zero-order chi connectivity index (χ0) is 23.5. The highest BCUT2D eigenvalue weighted by Crippen LogP contribution is 2.39. The number of halogens is 1. The van der Waals surface area contributed by atoms with E-state index >= 15 is 0 Å². The van der Waals surface area contributed by atoms with Crippen LogP contribution < -0.4 is 10.6 Å². The van der Waals surface area contributed by atoms with Gasteiger partial charge in [-0.2, -0.15) is 0 Å². The third-order valence-corrected chi connectivity index (χ3v) is 7.17. The molecule has 4 atom stereocenters. The predicted molar refractivity (Wildman–Crippen MR) is 135 cm³/mol. The monoisotopic (exact) mass is 467 g/mol. The number of ketones is 1. The lowest BCUT2D eigenvalue weighted by atomic mass is 9.85. The number of hydrogen-bond donors (Lipinski definition) is 2. The third kappa shape index (κ3) is 5.32. The Morgan fingerprint density at radius 3 is 2.64 bits per heavy atom. The standard InChI is InChI=1S/C27H34ClN3O2/c1-3-4-10-23(32)21(15-17-11-12-17)26(33)25-27(29)31(2)22-14-13-19(28)16-20(22)24(30-25)18-8-6-5-7-9-18/h5-9,13-14,16-17,21,23,25,27,32H,3-4,10-12,15,29H2,1-2H3. The number of carbonyl (C=O) groups is 1. The number of aliphatic hydroxyl groups excluding tert-OH is 1. The lowest BCUT2D eigenvalue weighted by Crippen LogP contribution is -2.53. The van der Waals surface area contributed by atoms with Gasteiger partial charge in [0.05, 0.1) is 11.8 Å². The summed E-state index contributed by atoms with van der Waals surface area (Å²) in [6.07, 6.45) is 4.18. The molecule has 0 spiro atoms. The average molecular weight is 468 g/mol. The molecule has 5 nitrogen and oxygen atoms in total. The molecular formula is C27H34ClN3O2. The Kier molecular flexibility index (Phi) is 7.52. The van der Waals surface area contributed by atoms with Crippen molar-refractivity contribution in [1.82, 2.24) is 0 Å². The zero-order valence-electron chi connectivity index (χ0n) is 19.5. The number of anilines is 1. The van der Waals surface area contributed by atoms with Crippen LogP contribution in [0.3, 0.4) is 0 Å². The van der Waals surface area contributed by atoms with Crippen LogP contribution in [-0.2, 0) is 4.79 Å². The Morgan fingerprint density at radius 1 is 1.24 bits per heavy atom. The van der Waals surface area contributed by atoms with Gasteiger partial charge in [0.1, 0.15) is 12.2 Å². The number of carbonyl (C=O) groups excluding carboxylic acids is 1. The molecule has 0 bridgehead atoms. The van der Waals surface area contributed by atoms with E-state index < -0.39 is 24.2 Å². The van der Waals surface area contributed by atoms with Gasteiger partial charge in [0.15, 0.2) is 5.78 Å². The minimum absolute atomic E-state index is 0.0582. The summed E-state index contributed by atoms with van der Waals surface area (Å²) in [7, 11) is 1.89. The highest BCUT2D eigenvalue weighted by Gasteiger charge is 2.41. The van der Waals surface area contributed by atoms with Gasteiger partial charge in [0, 0.05) is 34.8 Å². The normalized spacial score (nSPS) is 22.2. The highest BCUT2D eigenvalue weighted by molar-refractivity contribution is 6.31.